The molecule has 0 saturated carbocycles. The van der Waals surface area contributed by atoms with Gasteiger partial charge in [0.2, 0.25) is 5.91 Å². The Bertz CT molecular complexity index is 868. The maximum atomic E-state index is 12.1. The smallest absolute Gasteiger partial charge is 0.323 e. The molecule has 22 heavy (non-hydrogen) atoms. The van der Waals surface area contributed by atoms with Crippen LogP contribution in [-0.2, 0) is 11.2 Å². The molecule has 0 aliphatic rings. The second-order valence-corrected chi connectivity index (χ2v) is 5.84. The van der Waals surface area contributed by atoms with Crippen molar-refractivity contribution < 1.29 is 4.79 Å². The van der Waals surface area contributed by atoms with Gasteiger partial charge in [-0.2, -0.15) is 0 Å². The van der Waals surface area contributed by atoms with Gasteiger partial charge in [-0.25, -0.2) is 4.79 Å². The Kier molecular flexibility index (Phi) is 4.11. The van der Waals surface area contributed by atoms with E-state index in [9.17, 15) is 9.59 Å². The molecule has 2 aromatic carbocycles. The topological polar surface area (TPSA) is 77.8 Å². The van der Waals surface area contributed by atoms with Gasteiger partial charge in [-0.05, 0) is 40.0 Å². The molecule has 3 rings (SSSR count). The Morgan fingerprint density at radius 1 is 1.09 bits per heavy atom. The standard InChI is InChI=1S/C16H14BrN3O2/c17-11-8-13-14(20-16(22)19-13)9-12(11)18-15(21)7-6-10-4-2-1-3-5-10/h1-5,8-9H,6-7H2,(H,18,21)(H2,19,20,22). The van der Waals surface area contributed by atoms with E-state index >= 15 is 0 Å². The molecule has 0 aliphatic carbocycles. The lowest BCUT2D eigenvalue weighted by Gasteiger charge is -2.08. The predicted octanol–water partition coefficient (Wildman–Crippen LogP) is 3.19. The van der Waals surface area contributed by atoms with Crippen LogP contribution in [0.1, 0.15) is 12.0 Å². The third-order valence-corrected chi connectivity index (χ3v) is 4.02. The largest absolute Gasteiger partial charge is 0.325 e. The zero-order valence-corrected chi connectivity index (χ0v) is 13.2. The molecular formula is C16H14BrN3O2. The summed E-state index contributed by atoms with van der Waals surface area (Å²) in [5.74, 6) is -0.0678. The van der Waals surface area contributed by atoms with Crippen LogP contribution in [0.15, 0.2) is 51.7 Å². The zero-order valence-electron chi connectivity index (χ0n) is 11.7. The number of anilines is 1. The number of halogens is 1. The summed E-state index contributed by atoms with van der Waals surface area (Å²) in [7, 11) is 0. The van der Waals surface area contributed by atoms with E-state index in [1.807, 2.05) is 30.3 Å². The van der Waals surface area contributed by atoms with E-state index in [0.29, 0.717) is 29.6 Å². The van der Waals surface area contributed by atoms with Gasteiger partial charge < -0.3 is 15.3 Å². The van der Waals surface area contributed by atoms with E-state index in [1.54, 1.807) is 12.1 Å². The minimum Gasteiger partial charge on any atom is -0.325 e. The summed E-state index contributed by atoms with van der Waals surface area (Å²) in [5.41, 5.74) is 2.85. The van der Waals surface area contributed by atoms with Crippen molar-refractivity contribution in [3.63, 3.8) is 0 Å². The Morgan fingerprint density at radius 3 is 2.50 bits per heavy atom. The van der Waals surface area contributed by atoms with Crippen molar-refractivity contribution in [1.82, 2.24) is 9.97 Å². The molecule has 0 saturated heterocycles. The van der Waals surface area contributed by atoms with Crippen LogP contribution in [0, 0.1) is 0 Å². The van der Waals surface area contributed by atoms with Gasteiger partial charge >= 0.3 is 5.69 Å². The predicted molar refractivity (Wildman–Crippen MR) is 90.0 cm³/mol. The molecule has 0 bridgehead atoms. The second-order valence-electron chi connectivity index (χ2n) is 4.99. The maximum Gasteiger partial charge on any atom is 0.323 e. The van der Waals surface area contributed by atoms with Crippen LogP contribution in [0.25, 0.3) is 11.0 Å². The highest BCUT2D eigenvalue weighted by atomic mass is 79.9. The van der Waals surface area contributed by atoms with Gasteiger partial charge in [0, 0.05) is 10.9 Å². The van der Waals surface area contributed by atoms with Crippen molar-refractivity contribution in [2.75, 3.05) is 5.32 Å². The van der Waals surface area contributed by atoms with Crippen LogP contribution in [0.4, 0.5) is 5.69 Å². The molecule has 0 radical (unpaired) electrons. The monoisotopic (exact) mass is 359 g/mol. The van der Waals surface area contributed by atoms with Crippen molar-refractivity contribution in [3.05, 3.63) is 63.0 Å². The van der Waals surface area contributed by atoms with Crippen LogP contribution in [0.2, 0.25) is 0 Å². The lowest BCUT2D eigenvalue weighted by Crippen LogP contribution is -2.12. The van der Waals surface area contributed by atoms with E-state index in [-0.39, 0.29) is 11.6 Å². The van der Waals surface area contributed by atoms with Crippen LogP contribution < -0.4 is 11.0 Å². The molecule has 3 aromatic rings. The number of hydrogen-bond donors (Lipinski definition) is 3. The van der Waals surface area contributed by atoms with E-state index in [1.165, 1.54) is 0 Å². The Morgan fingerprint density at radius 2 is 1.77 bits per heavy atom. The summed E-state index contributed by atoms with van der Waals surface area (Å²) in [6, 6.07) is 13.4. The summed E-state index contributed by atoms with van der Waals surface area (Å²) in [6.07, 6.45) is 1.09. The molecule has 3 N–H and O–H groups in total. The molecule has 112 valence electrons. The number of H-pyrrole nitrogens is 2. The van der Waals surface area contributed by atoms with Gasteiger partial charge in [0.1, 0.15) is 0 Å². The van der Waals surface area contributed by atoms with Crippen molar-refractivity contribution in [3.8, 4) is 0 Å². The first-order valence-electron chi connectivity index (χ1n) is 6.87. The maximum absolute atomic E-state index is 12.1. The van der Waals surface area contributed by atoms with Gasteiger partial charge in [0.05, 0.1) is 16.7 Å². The number of hydrogen-bond acceptors (Lipinski definition) is 2. The highest BCUT2D eigenvalue weighted by molar-refractivity contribution is 9.10. The Labute approximate surface area is 134 Å². The summed E-state index contributed by atoms with van der Waals surface area (Å²) in [5, 5.41) is 2.86. The number of carbonyl (C=O) groups is 1. The van der Waals surface area contributed by atoms with Crippen LogP contribution >= 0.6 is 15.9 Å². The van der Waals surface area contributed by atoms with Gasteiger partial charge in [-0.15, -0.1) is 0 Å². The first kappa shape index (κ1) is 14.6. The number of amides is 1. The number of aromatic amines is 2. The third-order valence-electron chi connectivity index (χ3n) is 3.36. The van der Waals surface area contributed by atoms with Crippen LogP contribution in [0.5, 0.6) is 0 Å². The number of nitrogens with one attached hydrogen (secondary N) is 3. The minimum absolute atomic E-state index is 0.0678. The highest BCUT2D eigenvalue weighted by Crippen LogP contribution is 2.26. The van der Waals surface area contributed by atoms with Crippen LogP contribution in [0.3, 0.4) is 0 Å². The highest BCUT2D eigenvalue weighted by Gasteiger charge is 2.09. The first-order valence-corrected chi connectivity index (χ1v) is 7.66. The molecule has 0 unspecified atom stereocenters. The number of aryl methyl sites for hydroxylation is 1. The molecule has 0 fully saturated rings. The Balaban J connectivity index is 1.71. The van der Waals surface area contributed by atoms with Gasteiger partial charge in [-0.1, -0.05) is 30.3 Å². The van der Waals surface area contributed by atoms with Crippen LogP contribution in [-0.4, -0.2) is 15.9 Å². The first-order chi connectivity index (χ1) is 10.6. The molecule has 1 heterocycles. The minimum atomic E-state index is -0.269. The molecule has 0 spiro atoms. The average molecular weight is 360 g/mol. The number of rotatable bonds is 4. The van der Waals surface area contributed by atoms with Gasteiger partial charge in [-0.3, -0.25) is 4.79 Å². The van der Waals surface area contributed by atoms with E-state index < -0.39 is 0 Å². The van der Waals surface area contributed by atoms with Gasteiger partial charge in [0.15, 0.2) is 0 Å². The summed E-state index contributed by atoms with van der Waals surface area (Å²) >= 11 is 3.40. The number of carbonyl (C=O) groups excluding carboxylic acids is 1. The average Bonchev–Trinajstić information content (AvgIpc) is 2.85. The molecule has 0 atom stereocenters. The normalized spacial score (nSPS) is 10.8. The third kappa shape index (κ3) is 3.28. The summed E-state index contributed by atoms with van der Waals surface area (Å²) in [6.45, 7) is 0. The fourth-order valence-electron chi connectivity index (χ4n) is 2.27. The quantitative estimate of drug-likeness (QED) is 0.668. The summed E-state index contributed by atoms with van der Waals surface area (Å²) < 4.78 is 0.725. The molecule has 1 aromatic heterocycles. The second kappa shape index (κ2) is 6.19. The number of imidazole rings is 1. The fraction of sp³-hybridized carbons (Fsp3) is 0.125. The van der Waals surface area contributed by atoms with E-state index in [2.05, 4.69) is 31.2 Å². The number of benzene rings is 2. The SMILES string of the molecule is O=C(CCc1ccccc1)Nc1cc2[nH]c(=O)[nH]c2cc1Br. The molecule has 6 heteroatoms. The molecule has 0 aliphatic heterocycles. The Hall–Kier alpha value is -2.34. The summed E-state index contributed by atoms with van der Waals surface area (Å²) in [4.78, 5) is 28.7. The van der Waals surface area contributed by atoms with E-state index in [4.69, 9.17) is 0 Å². The number of aromatic nitrogens is 2. The van der Waals surface area contributed by atoms with Crippen molar-refractivity contribution >= 4 is 38.6 Å². The molecule has 1 amide bonds. The fourth-order valence-corrected chi connectivity index (χ4v) is 2.71. The lowest BCUT2D eigenvalue weighted by atomic mass is 10.1. The van der Waals surface area contributed by atoms with Gasteiger partial charge in [0.25, 0.3) is 0 Å². The number of fused-ring (bicyclic) bond motifs is 1. The van der Waals surface area contributed by atoms with Crippen molar-refractivity contribution in [1.29, 1.82) is 0 Å². The molecule has 5 nitrogen and oxygen atoms in total. The zero-order chi connectivity index (χ0) is 15.5. The van der Waals surface area contributed by atoms with E-state index in [0.717, 1.165) is 10.0 Å². The molecular weight excluding hydrogens is 346 g/mol. The van der Waals surface area contributed by atoms with Crippen molar-refractivity contribution in [2.24, 2.45) is 0 Å². The van der Waals surface area contributed by atoms with Crippen molar-refractivity contribution in [2.45, 2.75) is 12.8 Å². The lowest BCUT2D eigenvalue weighted by molar-refractivity contribution is -0.116.